The molecule has 0 radical (unpaired) electrons. The van der Waals surface area contributed by atoms with E-state index >= 15 is 0 Å². The number of hydrogen-bond acceptors (Lipinski definition) is 3. The van der Waals surface area contributed by atoms with Crippen molar-refractivity contribution in [1.82, 2.24) is 5.32 Å². The molecule has 1 rings (SSSR count). The highest BCUT2D eigenvalue weighted by Gasteiger charge is 2.01. The summed E-state index contributed by atoms with van der Waals surface area (Å²) >= 11 is 5.10. The molecule has 1 aromatic carbocycles. The predicted molar refractivity (Wildman–Crippen MR) is 72.5 cm³/mol. The first-order valence-corrected chi connectivity index (χ1v) is 5.69. The van der Waals surface area contributed by atoms with Crippen molar-refractivity contribution >= 4 is 28.8 Å². The number of hydrogen-bond donors (Lipinski definition) is 2. The minimum Gasteiger partial charge on any atom is -0.383 e. The summed E-state index contributed by atoms with van der Waals surface area (Å²) in [4.78, 5) is 11.2. The lowest BCUT2D eigenvalue weighted by Crippen LogP contribution is -2.31. The number of ether oxygens (including phenoxy) is 1. The number of ketones is 1. The number of carbonyl (C=O) groups excluding carboxylic acids is 1. The standard InChI is InChI=1S/C12H16N2O2S/c1-9(15)10-4-3-5-11(8-10)14-12(17)13-6-7-16-2/h3-5,8H,6-7H2,1-2H3,(H2,13,14,17). The maximum atomic E-state index is 11.2. The van der Waals surface area contributed by atoms with Crippen molar-refractivity contribution < 1.29 is 9.53 Å². The fourth-order valence-corrected chi connectivity index (χ4v) is 1.48. The maximum absolute atomic E-state index is 11.2. The Morgan fingerprint density at radius 2 is 2.24 bits per heavy atom. The van der Waals surface area contributed by atoms with Crippen LogP contribution in [0.4, 0.5) is 5.69 Å². The van der Waals surface area contributed by atoms with Gasteiger partial charge in [0.1, 0.15) is 0 Å². The van der Waals surface area contributed by atoms with Crippen molar-refractivity contribution in [2.24, 2.45) is 0 Å². The molecule has 0 aliphatic rings. The normalized spacial score (nSPS) is 9.76. The molecule has 0 fully saturated rings. The van der Waals surface area contributed by atoms with Crippen LogP contribution >= 0.6 is 12.2 Å². The minimum absolute atomic E-state index is 0.0342. The SMILES string of the molecule is COCCNC(=S)Nc1cccc(C(C)=O)c1. The van der Waals surface area contributed by atoms with Crippen LogP contribution in [0.5, 0.6) is 0 Å². The summed E-state index contributed by atoms with van der Waals surface area (Å²) in [5.74, 6) is 0.0342. The van der Waals surface area contributed by atoms with Crippen LogP contribution in [0.1, 0.15) is 17.3 Å². The van der Waals surface area contributed by atoms with Crippen molar-refractivity contribution in [1.29, 1.82) is 0 Å². The van der Waals surface area contributed by atoms with Gasteiger partial charge in [0.2, 0.25) is 0 Å². The van der Waals surface area contributed by atoms with E-state index in [0.29, 0.717) is 23.8 Å². The van der Waals surface area contributed by atoms with Gasteiger partial charge in [0, 0.05) is 24.9 Å². The van der Waals surface area contributed by atoms with E-state index in [1.807, 2.05) is 12.1 Å². The molecule has 0 aliphatic carbocycles. The molecule has 1 aromatic rings. The molecule has 0 saturated carbocycles. The summed E-state index contributed by atoms with van der Waals surface area (Å²) in [6, 6.07) is 7.22. The van der Waals surface area contributed by atoms with Gasteiger partial charge in [-0.3, -0.25) is 4.79 Å². The molecular weight excluding hydrogens is 236 g/mol. The molecule has 0 heterocycles. The molecule has 0 amide bonds. The molecule has 0 aliphatic heterocycles. The summed E-state index contributed by atoms with van der Waals surface area (Å²) < 4.78 is 4.90. The minimum atomic E-state index is 0.0342. The molecule has 5 heteroatoms. The number of Topliss-reactive ketones (excluding diaryl/α,β-unsaturated/α-hetero) is 1. The van der Waals surface area contributed by atoms with Crippen LogP contribution in [0, 0.1) is 0 Å². The lowest BCUT2D eigenvalue weighted by Gasteiger charge is -2.10. The van der Waals surface area contributed by atoms with Crippen molar-refractivity contribution in [3.8, 4) is 0 Å². The van der Waals surface area contributed by atoms with Crippen LogP contribution in [0.25, 0.3) is 0 Å². The first kappa shape index (κ1) is 13.6. The second-order valence-corrected chi connectivity index (χ2v) is 3.92. The Kier molecular flexibility index (Phi) is 5.59. The summed E-state index contributed by atoms with van der Waals surface area (Å²) in [6.45, 7) is 2.78. The Morgan fingerprint density at radius 3 is 2.88 bits per heavy atom. The summed E-state index contributed by atoms with van der Waals surface area (Å²) in [5.41, 5.74) is 1.46. The van der Waals surface area contributed by atoms with Crippen LogP contribution in [0.2, 0.25) is 0 Å². The molecule has 4 nitrogen and oxygen atoms in total. The van der Waals surface area contributed by atoms with Gasteiger partial charge in [-0.2, -0.15) is 0 Å². The number of benzene rings is 1. The van der Waals surface area contributed by atoms with E-state index in [4.69, 9.17) is 17.0 Å². The number of thiocarbonyl (C=S) groups is 1. The number of rotatable bonds is 5. The van der Waals surface area contributed by atoms with E-state index in [2.05, 4.69) is 10.6 Å². The van der Waals surface area contributed by atoms with Gasteiger partial charge in [0.15, 0.2) is 10.9 Å². The number of methoxy groups -OCH3 is 1. The topological polar surface area (TPSA) is 50.4 Å². The van der Waals surface area contributed by atoms with E-state index in [1.54, 1.807) is 19.2 Å². The fraction of sp³-hybridized carbons (Fsp3) is 0.333. The van der Waals surface area contributed by atoms with E-state index in [-0.39, 0.29) is 5.78 Å². The lowest BCUT2D eigenvalue weighted by molar-refractivity contribution is 0.101. The summed E-state index contributed by atoms with van der Waals surface area (Å²) in [5, 5.41) is 6.52. The van der Waals surface area contributed by atoms with E-state index in [1.165, 1.54) is 6.92 Å². The highest BCUT2D eigenvalue weighted by atomic mass is 32.1. The van der Waals surface area contributed by atoms with Crippen molar-refractivity contribution in [2.75, 3.05) is 25.6 Å². The average Bonchev–Trinajstić information content (AvgIpc) is 2.29. The van der Waals surface area contributed by atoms with Gasteiger partial charge in [-0.25, -0.2) is 0 Å². The number of anilines is 1. The zero-order valence-corrected chi connectivity index (χ0v) is 10.8. The molecule has 17 heavy (non-hydrogen) atoms. The maximum Gasteiger partial charge on any atom is 0.170 e. The molecule has 0 unspecified atom stereocenters. The largest absolute Gasteiger partial charge is 0.383 e. The lowest BCUT2D eigenvalue weighted by atomic mass is 10.1. The Labute approximate surface area is 106 Å². The van der Waals surface area contributed by atoms with Crippen molar-refractivity contribution in [3.63, 3.8) is 0 Å². The molecule has 92 valence electrons. The molecule has 0 bridgehead atoms. The van der Waals surface area contributed by atoms with Gasteiger partial charge in [-0.1, -0.05) is 12.1 Å². The van der Waals surface area contributed by atoms with Crippen LogP contribution in [0.15, 0.2) is 24.3 Å². The highest BCUT2D eigenvalue weighted by Crippen LogP contribution is 2.10. The Hall–Kier alpha value is -1.46. The van der Waals surface area contributed by atoms with Gasteiger partial charge < -0.3 is 15.4 Å². The van der Waals surface area contributed by atoms with Gasteiger partial charge in [0.05, 0.1) is 6.61 Å². The average molecular weight is 252 g/mol. The van der Waals surface area contributed by atoms with E-state index < -0.39 is 0 Å². The Morgan fingerprint density at radius 1 is 1.47 bits per heavy atom. The van der Waals surface area contributed by atoms with Gasteiger partial charge in [-0.15, -0.1) is 0 Å². The summed E-state index contributed by atoms with van der Waals surface area (Å²) in [6.07, 6.45) is 0. The molecule has 0 aromatic heterocycles. The zero-order valence-electron chi connectivity index (χ0n) is 9.95. The van der Waals surface area contributed by atoms with Crippen LogP contribution in [-0.2, 0) is 4.74 Å². The third-order valence-corrected chi connectivity index (χ3v) is 2.37. The molecule has 2 N–H and O–H groups in total. The second-order valence-electron chi connectivity index (χ2n) is 3.51. The van der Waals surface area contributed by atoms with Crippen LogP contribution in [0.3, 0.4) is 0 Å². The summed E-state index contributed by atoms with van der Waals surface area (Å²) in [7, 11) is 1.63. The van der Waals surface area contributed by atoms with Gasteiger partial charge in [-0.05, 0) is 31.3 Å². The fourth-order valence-electron chi connectivity index (χ4n) is 1.26. The predicted octanol–water partition coefficient (Wildman–Crippen LogP) is 1.82. The smallest absolute Gasteiger partial charge is 0.170 e. The van der Waals surface area contributed by atoms with Crippen molar-refractivity contribution in [2.45, 2.75) is 6.92 Å². The first-order chi connectivity index (χ1) is 8.13. The monoisotopic (exact) mass is 252 g/mol. The van der Waals surface area contributed by atoms with Crippen LogP contribution < -0.4 is 10.6 Å². The van der Waals surface area contributed by atoms with Gasteiger partial charge >= 0.3 is 0 Å². The zero-order chi connectivity index (χ0) is 12.7. The number of nitrogens with one attached hydrogen (secondary N) is 2. The Bertz CT molecular complexity index is 407. The molecular formula is C12H16N2O2S. The van der Waals surface area contributed by atoms with Gasteiger partial charge in [0.25, 0.3) is 0 Å². The Balaban J connectivity index is 2.53. The van der Waals surface area contributed by atoms with E-state index in [9.17, 15) is 4.79 Å². The van der Waals surface area contributed by atoms with Crippen LogP contribution in [-0.4, -0.2) is 31.2 Å². The quantitative estimate of drug-likeness (QED) is 0.475. The molecule has 0 spiro atoms. The van der Waals surface area contributed by atoms with Crippen molar-refractivity contribution in [3.05, 3.63) is 29.8 Å². The number of carbonyl (C=O) groups is 1. The third kappa shape index (κ3) is 4.93. The first-order valence-electron chi connectivity index (χ1n) is 5.28. The highest BCUT2D eigenvalue weighted by molar-refractivity contribution is 7.80. The molecule has 0 atom stereocenters. The van der Waals surface area contributed by atoms with E-state index in [0.717, 1.165) is 5.69 Å². The third-order valence-electron chi connectivity index (χ3n) is 2.12. The molecule has 0 saturated heterocycles. The second kappa shape index (κ2) is 6.98.